The number of carboxylic acid groups (broad SMARTS) is 2. The molecule has 2 heterocycles. The van der Waals surface area contributed by atoms with Gasteiger partial charge in [-0.3, -0.25) is 14.5 Å². The van der Waals surface area contributed by atoms with Crippen LogP contribution in [0.1, 0.15) is 69.8 Å². The zero-order chi connectivity index (χ0) is 25.4. The second-order valence-electron chi connectivity index (χ2n) is 9.86. The smallest absolute Gasteiger partial charge is 0.290 e. The average Bonchev–Trinajstić information content (AvgIpc) is 3.20. The maximum Gasteiger partial charge on any atom is 0.290 e. The Labute approximate surface area is 209 Å². The van der Waals surface area contributed by atoms with Crippen LogP contribution in [0, 0.1) is 5.41 Å². The van der Waals surface area contributed by atoms with Gasteiger partial charge in [0.1, 0.15) is 5.75 Å². The summed E-state index contributed by atoms with van der Waals surface area (Å²) >= 11 is 0. The quantitative estimate of drug-likeness (QED) is 0.371. The third-order valence-electron chi connectivity index (χ3n) is 7.49. The van der Waals surface area contributed by atoms with Gasteiger partial charge in [-0.25, -0.2) is 0 Å². The Morgan fingerprint density at radius 1 is 0.914 bits per heavy atom. The number of aliphatic hydroxyl groups is 1. The Hall–Kier alpha value is -2.16. The summed E-state index contributed by atoms with van der Waals surface area (Å²) in [6.45, 7) is 7.23. The molecule has 8 heteroatoms. The summed E-state index contributed by atoms with van der Waals surface area (Å²) in [7, 11) is 0. The molecule has 0 amide bonds. The van der Waals surface area contributed by atoms with Gasteiger partial charge in [0.2, 0.25) is 0 Å². The standard InChI is InChI=1S/C25H40N2O2.2CH2O2/c28-24-12-8-13-25(24)14-9-18-27(21-25)20-22-10-2-3-11-23(22)29-19-7-6-17-26-15-4-1-5-16-26;2*2-1-3/h2-3,10-11,24,28H,1,4-9,12-21H2;2*1H,(H,2,3)/t24-,25-;;/m1../s1. The summed E-state index contributed by atoms with van der Waals surface area (Å²) in [6.07, 6.45) is 12.2. The highest BCUT2D eigenvalue weighted by atomic mass is 16.5. The van der Waals surface area contributed by atoms with Gasteiger partial charge in [-0.2, -0.15) is 0 Å². The lowest BCUT2D eigenvalue weighted by atomic mass is 9.76. The molecule has 0 unspecified atom stereocenters. The summed E-state index contributed by atoms with van der Waals surface area (Å²) in [5.41, 5.74) is 1.45. The minimum Gasteiger partial charge on any atom is -0.493 e. The van der Waals surface area contributed by atoms with Gasteiger partial charge in [-0.05, 0) is 83.6 Å². The van der Waals surface area contributed by atoms with E-state index < -0.39 is 0 Å². The molecule has 1 aromatic carbocycles. The highest BCUT2D eigenvalue weighted by molar-refractivity contribution is 5.33. The molecule has 1 saturated carbocycles. The van der Waals surface area contributed by atoms with Crippen LogP contribution in [-0.4, -0.2) is 83.5 Å². The molecule has 198 valence electrons. The number of benzene rings is 1. The van der Waals surface area contributed by atoms with Gasteiger partial charge in [0.05, 0.1) is 12.7 Å². The monoisotopic (exact) mass is 492 g/mol. The number of hydrogen-bond acceptors (Lipinski definition) is 6. The topological polar surface area (TPSA) is 111 Å². The highest BCUT2D eigenvalue weighted by Gasteiger charge is 2.44. The third-order valence-corrected chi connectivity index (χ3v) is 7.49. The van der Waals surface area contributed by atoms with Crippen LogP contribution >= 0.6 is 0 Å². The van der Waals surface area contributed by atoms with Crippen LogP contribution < -0.4 is 4.74 Å². The summed E-state index contributed by atoms with van der Waals surface area (Å²) in [5, 5.41) is 24.3. The number of likely N-dealkylation sites (tertiary alicyclic amines) is 2. The van der Waals surface area contributed by atoms with E-state index in [9.17, 15) is 5.11 Å². The molecule has 3 fully saturated rings. The van der Waals surface area contributed by atoms with Crippen molar-refractivity contribution in [3.05, 3.63) is 29.8 Å². The van der Waals surface area contributed by atoms with Crippen molar-refractivity contribution in [2.45, 2.75) is 76.9 Å². The van der Waals surface area contributed by atoms with Crippen LogP contribution in [0.2, 0.25) is 0 Å². The molecule has 1 spiro atoms. The fourth-order valence-corrected chi connectivity index (χ4v) is 5.81. The van der Waals surface area contributed by atoms with Crippen molar-refractivity contribution < 1.29 is 29.6 Å². The normalized spacial score (nSPS) is 24.5. The number of hydrogen-bond donors (Lipinski definition) is 3. The minimum absolute atomic E-state index is 0.100. The summed E-state index contributed by atoms with van der Waals surface area (Å²) in [5.74, 6) is 1.05. The van der Waals surface area contributed by atoms with Crippen LogP contribution in [0.15, 0.2) is 24.3 Å². The predicted octanol–water partition coefficient (Wildman–Crippen LogP) is 3.86. The first-order chi connectivity index (χ1) is 17.1. The zero-order valence-electron chi connectivity index (χ0n) is 21.0. The van der Waals surface area contributed by atoms with E-state index in [0.717, 1.165) is 44.8 Å². The summed E-state index contributed by atoms with van der Waals surface area (Å²) in [4.78, 5) is 21.9. The Morgan fingerprint density at radius 2 is 1.57 bits per heavy atom. The Kier molecular flexibility index (Phi) is 13.7. The molecule has 3 N–H and O–H groups in total. The van der Waals surface area contributed by atoms with Crippen LogP contribution in [0.4, 0.5) is 0 Å². The van der Waals surface area contributed by atoms with Crippen molar-refractivity contribution in [2.75, 3.05) is 39.3 Å². The molecular weight excluding hydrogens is 448 g/mol. The SMILES string of the molecule is O=CO.O=CO.O[C@@H]1CCC[C@]12CCCN(Cc1ccccc1OCCCCN1CCCCC1)C2. The Balaban J connectivity index is 0.000000655. The first kappa shape index (κ1) is 29.1. The largest absolute Gasteiger partial charge is 0.493 e. The Morgan fingerprint density at radius 3 is 2.26 bits per heavy atom. The van der Waals surface area contributed by atoms with E-state index in [1.165, 1.54) is 76.6 Å². The lowest BCUT2D eigenvalue weighted by Gasteiger charge is -2.42. The minimum atomic E-state index is -0.250. The number of rotatable bonds is 8. The van der Waals surface area contributed by atoms with Crippen molar-refractivity contribution in [1.29, 1.82) is 0 Å². The van der Waals surface area contributed by atoms with Gasteiger partial charge in [-0.1, -0.05) is 31.0 Å². The number of piperidine rings is 2. The fraction of sp³-hybridized carbons (Fsp3) is 0.704. The van der Waals surface area contributed by atoms with E-state index in [4.69, 9.17) is 24.5 Å². The van der Waals surface area contributed by atoms with Crippen molar-refractivity contribution in [3.8, 4) is 5.75 Å². The molecule has 2 aliphatic heterocycles. The van der Waals surface area contributed by atoms with Gasteiger partial charge >= 0.3 is 0 Å². The number of para-hydroxylation sites is 1. The zero-order valence-corrected chi connectivity index (χ0v) is 21.0. The van der Waals surface area contributed by atoms with Gasteiger partial charge in [0.15, 0.2) is 0 Å². The van der Waals surface area contributed by atoms with Gasteiger partial charge in [-0.15, -0.1) is 0 Å². The maximum atomic E-state index is 10.5. The molecule has 2 atom stereocenters. The summed E-state index contributed by atoms with van der Waals surface area (Å²) < 4.78 is 6.21. The van der Waals surface area contributed by atoms with Gasteiger partial charge < -0.3 is 25.0 Å². The number of unbranched alkanes of at least 4 members (excludes halogenated alkanes) is 1. The molecule has 8 nitrogen and oxygen atoms in total. The first-order valence-corrected chi connectivity index (χ1v) is 13.1. The van der Waals surface area contributed by atoms with Gasteiger partial charge in [0.25, 0.3) is 12.9 Å². The second kappa shape index (κ2) is 16.5. The molecule has 4 rings (SSSR count). The van der Waals surface area contributed by atoms with Crippen molar-refractivity contribution in [3.63, 3.8) is 0 Å². The van der Waals surface area contributed by atoms with Crippen molar-refractivity contribution in [1.82, 2.24) is 9.80 Å². The van der Waals surface area contributed by atoms with E-state index in [1.54, 1.807) is 0 Å². The Bertz CT molecular complexity index is 721. The first-order valence-electron chi connectivity index (χ1n) is 13.1. The third kappa shape index (κ3) is 9.78. The van der Waals surface area contributed by atoms with Crippen LogP contribution in [0.5, 0.6) is 5.75 Å². The molecule has 3 aliphatic rings. The van der Waals surface area contributed by atoms with E-state index in [0.29, 0.717) is 0 Å². The molecule has 1 aromatic rings. The predicted molar refractivity (Wildman–Crippen MR) is 136 cm³/mol. The van der Waals surface area contributed by atoms with Gasteiger partial charge in [0, 0.05) is 24.1 Å². The maximum absolute atomic E-state index is 10.5. The van der Waals surface area contributed by atoms with Crippen molar-refractivity contribution >= 4 is 12.9 Å². The average molecular weight is 493 g/mol. The van der Waals surface area contributed by atoms with Crippen LogP contribution in [0.25, 0.3) is 0 Å². The highest BCUT2D eigenvalue weighted by Crippen LogP contribution is 2.45. The van der Waals surface area contributed by atoms with E-state index in [2.05, 4.69) is 34.1 Å². The van der Waals surface area contributed by atoms with E-state index >= 15 is 0 Å². The molecular formula is C27H44N2O6. The number of aliphatic hydroxyl groups excluding tert-OH is 1. The molecule has 0 bridgehead atoms. The van der Waals surface area contributed by atoms with E-state index in [1.807, 2.05) is 0 Å². The molecule has 0 aromatic heterocycles. The van der Waals surface area contributed by atoms with E-state index in [-0.39, 0.29) is 24.5 Å². The number of ether oxygens (including phenoxy) is 1. The second-order valence-corrected chi connectivity index (χ2v) is 9.86. The van der Waals surface area contributed by atoms with Crippen LogP contribution in [0.3, 0.4) is 0 Å². The molecule has 0 radical (unpaired) electrons. The summed E-state index contributed by atoms with van der Waals surface area (Å²) in [6, 6.07) is 8.56. The number of nitrogens with zero attached hydrogens (tertiary/aromatic N) is 2. The fourth-order valence-electron chi connectivity index (χ4n) is 5.81. The molecule has 35 heavy (non-hydrogen) atoms. The molecule has 2 saturated heterocycles. The lowest BCUT2D eigenvalue weighted by molar-refractivity contribution is -0.123. The molecule has 1 aliphatic carbocycles. The van der Waals surface area contributed by atoms with Crippen LogP contribution in [-0.2, 0) is 16.1 Å². The lowest BCUT2D eigenvalue weighted by Crippen LogP contribution is -2.46. The number of carbonyl (C=O) groups is 2. The van der Waals surface area contributed by atoms with Crippen molar-refractivity contribution in [2.24, 2.45) is 5.41 Å².